The summed E-state index contributed by atoms with van der Waals surface area (Å²) < 4.78 is 0. The summed E-state index contributed by atoms with van der Waals surface area (Å²) in [4.78, 5) is 23.7. The molecule has 15 heavy (non-hydrogen) atoms. The smallest absolute Gasteiger partial charge is 0.289 e. The minimum atomic E-state index is -0.579. The van der Waals surface area contributed by atoms with E-state index < -0.39 is 4.92 Å². The highest BCUT2D eigenvalue weighted by atomic mass is 35.5. The third-order valence-electron chi connectivity index (χ3n) is 1.60. The molecule has 0 saturated heterocycles. The van der Waals surface area contributed by atoms with Gasteiger partial charge in [0.25, 0.3) is 5.69 Å². The summed E-state index contributed by atoms with van der Waals surface area (Å²) in [5.74, 6) is 4.48. The minimum Gasteiger partial charge on any atom is -0.289 e. The molecule has 1 aromatic rings. The van der Waals surface area contributed by atoms with Crippen LogP contribution in [0.3, 0.4) is 0 Å². The summed E-state index contributed by atoms with van der Waals surface area (Å²) in [6.45, 7) is 1.47. The van der Waals surface area contributed by atoms with E-state index in [4.69, 9.17) is 11.6 Å². The van der Waals surface area contributed by atoms with Crippen molar-refractivity contribution in [1.82, 2.24) is 4.98 Å². The fraction of sp³-hybridized carbons (Fsp3) is 0.111. The summed E-state index contributed by atoms with van der Waals surface area (Å²) in [5, 5.41) is 10.6. The zero-order valence-corrected chi connectivity index (χ0v) is 8.41. The number of aryl methyl sites for hydroxylation is 1. The van der Waals surface area contributed by atoms with Crippen LogP contribution in [0, 0.1) is 28.9 Å². The molecule has 0 unspecified atom stereocenters. The number of aldehydes is 1. The Balaban J connectivity index is 3.35. The molecule has 76 valence electrons. The maximum atomic E-state index is 10.6. The Morgan fingerprint density at radius 3 is 2.87 bits per heavy atom. The molecule has 1 heterocycles. The van der Waals surface area contributed by atoms with Gasteiger partial charge in [0, 0.05) is 6.07 Å². The summed E-state index contributed by atoms with van der Waals surface area (Å²) in [6, 6.07) is 1.20. The Bertz CT molecular complexity index is 488. The molecule has 0 saturated carbocycles. The van der Waals surface area contributed by atoms with Crippen LogP contribution in [0.1, 0.15) is 11.3 Å². The lowest BCUT2D eigenvalue weighted by Gasteiger charge is -1.99. The molecule has 0 bridgehead atoms. The van der Waals surface area contributed by atoms with Crippen LogP contribution in [0.4, 0.5) is 5.69 Å². The monoisotopic (exact) mass is 224 g/mol. The van der Waals surface area contributed by atoms with E-state index in [1.807, 2.05) is 0 Å². The maximum absolute atomic E-state index is 10.6. The Morgan fingerprint density at radius 2 is 2.33 bits per heavy atom. The van der Waals surface area contributed by atoms with Gasteiger partial charge in [-0.15, -0.1) is 0 Å². The number of hydrogen-bond donors (Lipinski definition) is 0. The number of nitrogens with zero attached hydrogens (tertiary/aromatic N) is 2. The van der Waals surface area contributed by atoms with Gasteiger partial charge in [-0.25, -0.2) is 4.98 Å². The van der Waals surface area contributed by atoms with Gasteiger partial charge < -0.3 is 0 Å². The zero-order chi connectivity index (χ0) is 11.4. The van der Waals surface area contributed by atoms with Gasteiger partial charge in [-0.1, -0.05) is 17.5 Å². The van der Waals surface area contributed by atoms with Crippen LogP contribution in [-0.4, -0.2) is 16.2 Å². The van der Waals surface area contributed by atoms with E-state index >= 15 is 0 Å². The molecule has 0 aliphatic heterocycles. The predicted octanol–water partition coefficient (Wildman–Crippen LogP) is 1.50. The van der Waals surface area contributed by atoms with Crippen LogP contribution in [0.25, 0.3) is 0 Å². The van der Waals surface area contributed by atoms with Crippen molar-refractivity contribution >= 4 is 23.6 Å². The molecule has 0 N–H and O–H groups in total. The van der Waals surface area contributed by atoms with Gasteiger partial charge in [0.05, 0.1) is 10.5 Å². The van der Waals surface area contributed by atoms with Crippen LogP contribution < -0.4 is 0 Å². The van der Waals surface area contributed by atoms with E-state index in [9.17, 15) is 14.9 Å². The number of aromatic nitrogens is 1. The van der Waals surface area contributed by atoms with Gasteiger partial charge in [-0.2, -0.15) is 0 Å². The molecule has 0 atom stereocenters. The fourth-order valence-electron chi connectivity index (χ4n) is 0.945. The summed E-state index contributed by atoms with van der Waals surface area (Å²) in [5.41, 5.74) is 0.206. The number of nitro groups is 1. The molecule has 0 fully saturated rings. The Labute approximate surface area is 90.2 Å². The zero-order valence-electron chi connectivity index (χ0n) is 7.65. The number of pyridine rings is 1. The Hall–Kier alpha value is -1.93. The molecule has 1 aromatic heterocycles. The predicted molar refractivity (Wildman–Crippen MR) is 53.6 cm³/mol. The molecule has 5 nitrogen and oxygen atoms in total. The highest BCUT2D eigenvalue weighted by Gasteiger charge is 2.14. The van der Waals surface area contributed by atoms with Crippen LogP contribution in [0.2, 0.25) is 5.15 Å². The van der Waals surface area contributed by atoms with Crippen molar-refractivity contribution in [3.8, 4) is 11.8 Å². The second-order valence-electron chi connectivity index (χ2n) is 2.58. The number of carbonyl (C=O) groups excluding carboxylic acids is 1. The molecule has 0 aromatic carbocycles. The highest BCUT2D eigenvalue weighted by Crippen LogP contribution is 2.22. The quantitative estimate of drug-likeness (QED) is 0.238. The van der Waals surface area contributed by atoms with E-state index in [1.165, 1.54) is 13.0 Å². The number of hydrogen-bond acceptors (Lipinski definition) is 4. The molecular formula is C9H5ClN2O3. The van der Waals surface area contributed by atoms with Gasteiger partial charge in [0.15, 0.2) is 6.29 Å². The van der Waals surface area contributed by atoms with Crippen LogP contribution >= 0.6 is 11.6 Å². The van der Waals surface area contributed by atoms with E-state index in [-0.39, 0.29) is 22.1 Å². The Kier molecular flexibility index (Phi) is 3.37. The van der Waals surface area contributed by atoms with Gasteiger partial charge in [-0.3, -0.25) is 14.9 Å². The lowest BCUT2D eigenvalue weighted by Crippen LogP contribution is -1.96. The SMILES string of the molecule is Cc1nc(Cl)c(C#CC=O)cc1[N+](=O)[O-]. The van der Waals surface area contributed by atoms with Crippen molar-refractivity contribution in [2.24, 2.45) is 0 Å². The lowest BCUT2D eigenvalue weighted by molar-refractivity contribution is -0.385. The fourth-order valence-corrected chi connectivity index (χ4v) is 1.17. The van der Waals surface area contributed by atoms with Crippen molar-refractivity contribution in [3.63, 3.8) is 0 Å². The van der Waals surface area contributed by atoms with E-state index in [0.717, 1.165) is 0 Å². The van der Waals surface area contributed by atoms with Crippen molar-refractivity contribution in [3.05, 3.63) is 32.6 Å². The first-order valence-corrected chi connectivity index (χ1v) is 4.20. The first kappa shape index (κ1) is 11.1. The molecule has 0 aliphatic rings. The molecule has 0 amide bonds. The first-order valence-electron chi connectivity index (χ1n) is 3.83. The second kappa shape index (κ2) is 4.53. The Morgan fingerprint density at radius 1 is 1.67 bits per heavy atom. The van der Waals surface area contributed by atoms with Gasteiger partial charge in [-0.05, 0) is 12.8 Å². The van der Waals surface area contributed by atoms with E-state index in [2.05, 4.69) is 16.8 Å². The molecule has 0 radical (unpaired) electrons. The van der Waals surface area contributed by atoms with Gasteiger partial charge in [0.2, 0.25) is 0 Å². The third kappa shape index (κ3) is 2.51. The standard InChI is InChI=1S/C9H5ClN2O3/c1-6-8(12(14)15)5-7(3-2-4-13)9(10)11-6/h4-5H,1H3. The number of carbonyl (C=O) groups is 1. The van der Waals surface area contributed by atoms with Crippen LogP contribution in [-0.2, 0) is 4.79 Å². The van der Waals surface area contributed by atoms with Crippen LogP contribution in [0.15, 0.2) is 6.07 Å². The maximum Gasteiger partial charge on any atom is 0.291 e. The van der Waals surface area contributed by atoms with E-state index in [0.29, 0.717) is 6.29 Å². The van der Waals surface area contributed by atoms with Crippen molar-refractivity contribution in [2.45, 2.75) is 6.92 Å². The number of halogens is 1. The van der Waals surface area contributed by atoms with Crippen molar-refractivity contribution in [2.75, 3.05) is 0 Å². The van der Waals surface area contributed by atoms with Crippen molar-refractivity contribution < 1.29 is 9.72 Å². The first-order chi connectivity index (χ1) is 7.06. The molecule has 0 aliphatic carbocycles. The molecule has 6 heteroatoms. The van der Waals surface area contributed by atoms with Gasteiger partial charge >= 0.3 is 0 Å². The highest BCUT2D eigenvalue weighted by molar-refractivity contribution is 6.30. The van der Waals surface area contributed by atoms with Gasteiger partial charge in [0.1, 0.15) is 10.8 Å². The lowest BCUT2D eigenvalue weighted by atomic mass is 10.2. The molecule has 1 rings (SSSR count). The largest absolute Gasteiger partial charge is 0.291 e. The summed E-state index contributed by atoms with van der Waals surface area (Å²) in [7, 11) is 0. The molecule has 0 spiro atoms. The van der Waals surface area contributed by atoms with Crippen molar-refractivity contribution in [1.29, 1.82) is 0 Å². The van der Waals surface area contributed by atoms with E-state index in [1.54, 1.807) is 0 Å². The summed E-state index contributed by atoms with van der Waals surface area (Å²) in [6.07, 6.45) is 0.377. The average Bonchev–Trinajstić information content (AvgIpc) is 2.16. The average molecular weight is 225 g/mol. The third-order valence-corrected chi connectivity index (χ3v) is 1.89. The number of rotatable bonds is 1. The van der Waals surface area contributed by atoms with Crippen LogP contribution in [0.5, 0.6) is 0 Å². The molecular weight excluding hydrogens is 220 g/mol. The minimum absolute atomic E-state index is 0.0486. The normalized spacial score (nSPS) is 8.93. The summed E-state index contributed by atoms with van der Waals surface area (Å²) >= 11 is 5.69. The topological polar surface area (TPSA) is 73.1 Å². The second-order valence-corrected chi connectivity index (χ2v) is 2.93.